The van der Waals surface area contributed by atoms with Gasteiger partial charge in [0.25, 0.3) is 10.0 Å². The van der Waals surface area contributed by atoms with E-state index in [1.54, 1.807) is 35.7 Å². The van der Waals surface area contributed by atoms with Crippen LogP contribution in [0.15, 0.2) is 39.9 Å². The van der Waals surface area contributed by atoms with Crippen LogP contribution in [-0.2, 0) is 14.8 Å². The molecule has 1 fully saturated rings. The van der Waals surface area contributed by atoms with E-state index in [0.717, 1.165) is 18.4 Å². The first-order valence-electron chi connectivity index (χ1n) is 8.50. The van der Waals surface area contributed by atoms with Crippen molar-refractivity contribution in [2.75, 3.05) is 11.9 Å². The highest BCUT2D eigenvalue weighted by Gasteiger charge is 2.35. The first kappa shape index (κ1) is 19.4. The number of piperidine rings is 1. The number of sulfonamides is 1. The lowest BCUT2D eigenvalue weighted by atomic mass is 10.0. The normalized spacial score (nSPS) is 18.6. The number of carbonyl (C=O) groups is 1. The van der Waals surface area contributed by atoms with Crippen LogP contribution >= 0.6 is 22.9 Å². The van der Waals surface area contributed by atoms with E-state index in [-0.39, 0.29) is 18.4 Å². The highest BCUT2D eigenvalue weighted by atomic mass is 35.5. The van der Waals surface area contributed by atoms with E-state index in [1.165, 1.54) is 15.6 Å². The maximum Gasteiger partial charge on any atom is 0.252 e. The number of nitrogens with zero attached hydrogens (tertiary/aromatic N) is 1. The van der Waals surface area contributed by atoms with Crippen molar-refractivity contribution < 1.29 is 13.2 Å². The first-order valence-corrected chi connectivity index (χ1v) is 11.2. The minimum absolute atomic E-state index is 0.135. The second-order valence-corrected chi connectivity index (χ2v) is 9.83. The van der Waals surface area contributed by atoms with Gasteiger partial charge in [-0.1, -0.05) is 30.2 Å². The predicted molar refractivity (Wildman–Crippen MR) is 105 cm³/mol. The maximum atomic E-state index is 12.9. The van der Waals surface area contributed by atoms with E-state index < -0.39 is 10.0 Å². The fourth-order valence-corrected chi connectivity index (χ4v) is 6.17. The molecule has 1 unspecified atom stereocenters. The van der Waals surface area contributed by atoms with Crippen LogP contribution in [0, 0.1) is 6.92 Å². The average Bonchev–Trinajstić information content (AvgIpc) is 3.15. The van der Waals surface area contributed by atoms with Crippen molar-refractivity contribution in [3.63, 3.8) is 0 Å². The van der Waals surface area contributed by atoms with Gasteiger partial charge in [0.2, 0.25) is 5.91 Å². The molecule has 1 aliphatic heterocycles. The van der Waals surface area contributed by atoms with E-state index in [1.807, 2.05) is 6.92 Å². The Bertz CT molecular complexity index is 882. The Kier molecular flexibility index (Phi) is 6.02. The van der Waals surface area contributed by atoms with Crippen molar-refractivity contribution in [3.8, 4) is 0 Å². The number of carbonyl (C=O) groups excluding carboxylic acids is 1. The summed E-state index contributed by atoms with van der Waals surface area (Å²) in [5.74, 6) is -0.200. The predicted octanol–water partition coefficient (Wildman–Crippen LogP) is 4.28. The Balaban J connectivity index is 1.74. The van der Waals surface area contributed by atoms with Gasteiger partial charge < -0.3 is 5.32 Å². The van der Waals surface area contributed by atoms with Gasteiger partial charge in [-0.15, -0.1) is 11.3 Å². The van der Waals surface area contributed by atoms with Gasteiger partial charge in [0.15, 0.2) is 0 Å². The van der Waals surface area contributed by atoms with E-state index in [0.29, 0.717) is 27.9 Å². The van der Waals surface area contributed by atoms with E-state index in [4.69, 9.17) is 11.6 Å². The Hall–Kier alpha value is -1.41. The third-order valence-corrected chi connectivity index (χ3v) is 8.33. The maximum absolute atomic E-state index is 12.9. The summed E-state index contributed by atoms with van der Waals surface area (Å²) in [6.07, 6.45) is 2.56. The molecule has 0 spiro atoms. The lowest BCUT2D eigenvalue weighted by Gasteiger charge is -2.34. The molecule has 1 aliphatic rings. The highest BCUT2D eigenvalue weighted by Crippen LogP contribution is 2.30. The minimum atomic E-state index is -3.55. The van der Waals surface area contributed by atoms with Gasteiger partial charge in [-0.25, -0.2) is 8.42 Å². The summed E-state index contributed by atoms with van der Waals surface area (Å²) in [5, 5.41) is 5.20. The summed E-state index contributed by atoms with van der Waals surface area (Å²) in [6.45, 7) is 2.29. The van der Waals surface area contributed by atoms with Crippen molar-refractivity contribution in [2.45, 2.75) is 42.9 Å². The second kappa shape index (κ2) is 8.08. The number of hydrogen-bond acceptors (Lipinski definition) is 4. The molecular weight excluding hydrogens is 392 g/mol. The molecule has 1 saturated heterocycles. The van der Waals surface area contributed by atoms with Gasteiger partial charge in [0, 0.05) is 29.7 Å². The largest absolute Gasteiger partial charge is 0.326 e. The van der Waals surface area contributed by atoms with Crippen LogP contribution in [0.1, 0.15) is 31.2 Å². The van der Waals surface area contributed by atoms with Gasteiger partial charge in [0.1, 0.15) is 4.21 Å². The summed E-state index contributed by atoms with van der Waals surface area (Å²) >= 11 is 7.30. The molecule has 140 valence electrons. The number of nitrogens with one attached hydrogen (secondary N) is 1. The molecule has 5 nitrogen and oxygen atoms in total. The summed E-state index contributed by atoms with van der Waals surface area (Å²) in [5.41, 5.74) is 1.46. The Morgan fingerprint density at radius 3 is 2.85 bits per heavy atom. The van der Waals surface area contributed by atoms with Gasteiger partial charge in [-0.05, 0) is 48.9 Å². The summed E-state index contributed by atoms with van der Waals surface area (Å²) < 4.78 is 27.6. The van der Waals surface area contributed by atoms with Crippen LogP contribution in [0.4, 0.5) is 5.69 Å². The molecule has 0 saturated carbocycles. The van der Waals surface area contributed by atoms with E-state index in [2.05, 4.69) is 5.32 Å². The summed E-state index contributed by atoms with van der Waals surface area (Å²) in [4.78, 5) is 12.5. The Morgan fingerprint density at radius 1 is 1.31 bits per heavy atom. The second-order valence-electron chi connectivity index (χ2n) is 6.36. The first-order chi connectivity index (χ1) is 12.4. The van der Waals surface area contributed by atoms with Gasteiger partial charge in [-0.2, -0.15) is 4.31 Å². The van der Waals surface area contributed by atoms with Crippen LogP contribution in [0.2, 0.25) is 5.02 Å². The molecule has 2 aromatic rings. The fourth-order valence-electron chi connectivity index (χ4n) is 3.18. The average molecular weight is 413 g/mol. The number of halogens is 1. The third kappa shape index (κ3) is 4.11. The van der Waals surface area contributed by atoms with Crippen LogP contribution in [0.3, 0.4) is 0 Å². The van der Waals surface area contributed by atoms with Crippen molar-refractivity contribution in [1.82, 2.24) is 4.31 Å². The van der Waals surface area contributed by atoms with Crippen molar-refractivity contribution in [1.29, 1.82) is 0 Å². The zero-order valence-electron chi connectivity index (χ0n) is 14.4. The monoisotopic (exact) mass is 412 g/mol. The van der Waals surface area contributed by atoms with Crippen LogP contribution in [-0.4, -0.2) is 31.2 Å². The Morgan fingerprint density at radius 2 is 2.12 bits per heavy atom. The lowest BCUT2D eigenvalue weighted by Crippen LogP contribution is -2.45. The van der Waals surface area contributed by atoms with Crippen LogP contribution in [0.5, 0.6) is 0 Å². The zero-order valence-corrected chi connectivity index (χ0v) is 16.8. The smallest absolute Gasteiger partial charge is 0.252 e. The molecule has 1 aromatic heterocycles. The Labute approximate surface area is 163 Å². The molecule has 0 aliphatic carbocycles. The standard InChI is InChI=1S/C18H21ClN2O3S2/c1-13-15(19)7-4-8-16(13)20-17(22)12-14-6-2-3-10-21(14)26(23,24)18-9-5-11-25-18/h4-5,7-9,11,14H,2-3,6,10,12H2,1H3,(H,20,22). The van der Waals surface area contributed by atoms with Gasteiger partial charge in [-0.3, -0.25) is 4.79 Å². The van der Waals surface area contributed by atoms with Gasteiger partial charge in [0.05, 0.1) is 0 Å². The number of hydrogen-bond donors (Lipinski definition) is 1. The molecule has 1 N–H and O–H groups in total. The highest BCUT2D eigenvalue weighted by molar-refractivity contribution is 7.91. The number of amides is 1. The fraction of sp³-hybridized carbons (Fsp3) is 0.389. The molecule has 2 heterocycles. The molecule has 8 heteroatoms. The van der Waals surface area contributed by atoms with E-state index >= 15 is 0 Å². The van der Waals surface area contributed by atoms with Crippen LogP contribution in [0.25, 0.3) is 0 Å². The van der Waals surface area contributed by atoms with Gasteiger partial charge >= 0.3 is 0 Å². The van der Waals surface area contributed by atoms with Crippen molar-refractivity contribution in [2.24, 2.45) is 0 Å². The third-order valence-electron chi connectivity index (χ3n) is 4.59. The molecule has 0 radical (unpaired) electrons. The summed E-state index contributed by atoms with van der Waals surface area (Å²) in [6, 6.07) is 8.35. The van der Waals surface area contributed by atoms with Crippen molar-refractivity contribution in [3.05, 3.63) is 46.3 Å². The molecule has 1 amide bonds. The molecule has 0 bridgehead atoms. The number of rotatable bonds is 5. The van der Waals surface area contributed by atoms with E-state index in [9.17, 15) is 13.2 Å². The number of anilines is 1. The molecule has 3 rings (SSSR count). The lowest BCUT2D eigenvalue weighted by molar-refractivity contribution is -0.117. The van der Waals surface area contributed by atoms with Crippen LogP contribution < -0.4 is 5.32 Å². The quantitative estimate of drug-likeness (QED) is 0.796. The topological polar surface area (TPSA) is 66.5 Å². The molecule has 26 heavy (non-hydrogen) atoms. The molecular formula is C18H21ClN2O3S2. The van der Waals surface area contributed by atoms with Crippen molar-refractivity contribution >= 4 is 44.6 Å². The minimum Gasteiger partial charge on any atom is -0.326 e. The zero-order chi connectivity index (χ0) is 18.7. The molecule has 1 aromatic carbocycles. The number of thiophene rings is 1. The summed E-state index contributed by atoms with van der Waals surface area (Å²) in [7, 11) is -3.55. The molecule has 1 atom stereocenters. The SMILES string of the molecule is Cc1c(Cl)cccc1NC(=O)CC1CCCCN1S(=O)(=O)c1cccs1. The number of benzene rings is 1.